The van der Waals surface area contributed by atoms with Crippen LogP contribution in [-0.4, -0.2) is 22.3 Å². The molecule has 0 heterocycles. The van der Waals surface area contributed by atoms with Gasteiger partial charge >= 0.3 is 5.97 Å². The normalized spacial score (nSPS) is 11.7. The number of carboxylic acids is 1. The predicted molar refractivity (Wildman–Crippen MR) is 19.3 cm³/mol. The van der Waals surface area contributed by atoms with Crippen molar-refractivity contribution in [3.05, 3.63) is 0 Å². The standard InChI is InChI=1S/C3H6O3.Pt/c1-2(4)3(5)6;/h2,4H,1H3,(H,5,6);. The summed E-state index contributed by atoms with van der Waals surface area (Å²) in [7, 11) is 0. The second kappa shape index (κ2) is 4.28. The van der Waals surface area contributed by atoms with E-state index in [0.717, 1.165) is 0 Å². The number of hydrogen-bond donors (Lipinski definition) is 2. The van der Waals surface area contributed by atoms with E-state index in [1.807, 2.05) is 0 Å². The molecule has 0 bridgehead atoms. The fourth-order valence-electron chi connectivity index (χ4n) is 0. The molecule has 46 valence electrons. The zero-order valence-electron chi connectivity index (χ0n) is 3.70. The molecule has 0 aromatic rings. The summed E-state index contributed by atoms with van der Waals surface area (Å²) < 4.78 is 0. The molecule has 7 heavy (non-hydrogen) atoms. The third-order valence-electron chi connectivity index (χ3n) is 0.357. The summed E-state index contributed by atoms with van der Waals surface area (Å²) in [6.45, 7) is 1.20. The molecule has 0 aliphatic rings. The van der Waals surface area contributed by atoms with Crippen molar-refractivity contribution in [2.24, 2.45) is 0 Å². The zero-order chi connectivity index (χ0) is 5.15. The number of carbonyl (C=O) groups is 1. The second-order valence-electron chi connectivity index (χ2n) is 1.01. The molecule has 0 fully saturated rings. The minimum atomic E-state index is -1.23. The number of aliphatic hydroxyl groups is 1. The first-order valence-electron chi connectivity index (χ1n) is 1.55. The van der Waals surface area contributed by atoms with E-state index >= 15 is 0 Å². The van der Waals surface area contributed by atoms with E-state index in [-0.39, 0.29) is 21.1 Å². The van der Waals surface area contributed by atoms with E-state index < -0.39 is 12.1 Å². The number of carboxylic acid groups (broad SMARTS) is 1. The quantitative estimate of drug-likeness (QED) is 0.679. The number of aliphatic carboxylic acids is 1. The van der Waals surface area contributed by atoms with Gasteiger partial charge in [-0.2, -0.15) is 0 Å². The Morgan fingerprint density at radius 2 is 1.86 bits per heavy atom. The van der Waals surface area contributed by atoms with Gasteiger partial charge in [0.05, 0.1) is 0 Å². The Morgan fingerprint density at radius 1 is 1.71 bits per heavy atom. The topological polar surface area (TPSA) is 57.5 Å². The van der Waals surface area contributed by atoms with Gasteiger partial charge in [0, 0.05) is 21.1 Å². The summed E-state index contributed by atoms with van der Waals surface area (Å²) in [5.74, 6) is -1.19. The molecule has 0 aromatic carbocycles. The van der Waals surface area contributed by atoms with Crippen molar-refractivity contribution < 1.29 is 36.1 Å². The molecule has 1 unspecified atom stereocenters. The van der Waals surface area contributed by atoms with Gasteiger partial charge in [-0.3, -0.25) is 0 Å². The summed E-state index contributed by atoms with van der Waals surface area (Å²) in [5.41, 5.74) is 0. The third-order valence-corrected chi connectivity index (χ3v) is 0.357. The molecule has 0 saturated carbocycles. The Morgan fingerprint density at radius 3 is 1.86 bits per heavy atom. The summed E-state index contributed by atoms with van der Waals surface area (Å²) in [4.78, 5) is 9.45. The molecule has 0 spiro atoms. The fourth-order valence-corrected chi connectivity index (χ4v) is 0. The van der Waals surface area contributed by atoms with Crippen LogP contribution in [0.15, 0.2) is 0 Å². The SMILES string of the molecule is CC(O)C(=O)O.[Pt]. The third kappa shape index (κ3) is 6.12. The van der Waals surface area contributed by atoms with Crippen LogP contribution in [0, 0.1) is 0 Å². The van der Waals surface area contributed by atoms with Crippen LogP contribution < -0.4 is 0 Å². The Kier molecular flexibility index (Phi) is 6.22. The summed E-state index contributed by atoms with van der Waals surface area (Å²) in [6, 6.07) is 0. The Labute approximate surface area is 55.6 Å². The maximum atomic E-state index is 9.45. The van der Waals surface area contributed by atoms with E-state index in [2.05, 4.69) is 0 Å². The maximum absolute atomic E-state index is 9.45. The molecule has 4 heteroatoms. The second-order valence-corrected chi connectivity index (χ2v) is 1.01. The molecule has 0 aromatic heterocycles. The van der Waals surface area contributed by atoms with Crippen LogP contribution in [0.2, 0.25) is 0 Å². The Bertz CT molecular complexity index is 61.2. The molecule has 2 N–H and O–H groups in total. The van der Waals surface area contributed by atoms with Crippen LogP contribution in [0.25, 0.3) is 0 Å². The molecule has 3 nitrogen and oxygen atoms in total. The monoisotopic (exact) mass is 285 g/mol. The number of aliphatic hydroxyl groups excluding tert-OH is 1. The number of rotatable bonds is 1. The predicted octanol–water partition coefficient (Wildman–Crippen LogP) is -0.551. The van der Waals surface area contributed by atoms with Crippen molar-refractivity contribution in [3.8, 4) is 0 Å². The van der Waals surface area contributed by atoms with Gasteiger partial charge in [0.2, 0.25) is 0 Å². The van der Waals surface area contributed by atoms with E-state index in [1.165, 1.54) is 6.92 Å². The molecule has 1 atom stereocenters. The molecule has 0 radical (unpaired) electrons. The molecule has 0 rings (SSSR count). The molecular formula is C3H6O3Pt. The van der Waals surface area contributed by atoms with Crippen molar-refractivity contribution in [1.82, 2.24) is 0 Å². The van der Waals surface area contributed by atoms with Crippen molar-refractivity contribution >= 4 is 5.97 Å². The smallest absolute Gasteiger partial charge is 0.332 e. The van der Waals surface area contributed by atoms with Crippen molar-refractivity contribution in [3.63, 3.8) is 0 Å². The van der Waals surface area contributed by atoms with Crippen LogP contribution in [0.5, 0.6) is 0 Å². The minimum absolute atomic E-state index is 0. The van der Waals surface area contributed by atoms with Gasteiger partial charge in [0.25, 0.3) is 0 Å². The van der Waals surface area contributed by atoms with E-state index in [9.17, 15) is 4.79 Å². The van der Waals surface area contributed by atoms with Crippen molar-refractivity contribution in [1.29, 1.82) is 0 Å². The molecule has 0 aliphatic heterocycles. The van der Waals surface area contributed by atoms with E-state index in [1.54, 1.807) is 0 Å². The summed E-state index contributed by atoms with van der Waals surface area (Å²) in [6.07, 6.45) is -1.23. The molecule has 0 amide bonds. The van der Waals surface area contributed by atoms with Crippen LogP contribution in [-0.2, 0) is 25.9 Å². The first-order valence-corrected chi connectivity index (χ1v) is 1.55. The van der Waals surface area contributed by atoms with Crippen molar-refractivity contribution in [2.75, 3.05) is 0 Å². The number of hydrogen-bond acceptors (Lipinski definition) is 2. The fraction of sp³-hybridized carbons (Fsp3) is 0.667. The molecule has 0 saturated heterocycles. The maximum Gasteiger partial charge on any atom is 0.332 e. The van der Waals surface area contributed by atoms with Crippen LogP contribution in [0.3, 0.4) is 0 Å². The first kappa shape index (κ1) is 10.2. The zero-order valence-corrected chi connectivity index (χ0v) is 5.97. The Hall–Kier alpha value is 0.118. The summed E-state index contributed by atoms with van der Waals surface area (Å²) in [5, 5.41) is 15.8. The van der Waals surface area contributed by atoms with Crippen LogP contribution in [0.4, 0.5) is 0 Å². The van der Waals surface area contributed by atoms with E-state index in [4.69, 9.17) is 10.2 Å². The van der Waals surface area contributed by atoms with E-state index in [0.29, 0.717) is 0 Å². The van der Waals surface area contributed by atoms with Gasteiger partial charge in [0.15, 0.2) is 0 Å². The minimum Gasteiger partial charge on any atom is -0.479 e. The molecular weight excluding hydrogens is 279 g/mol. The van der Waals surface area contributed by atoms with Gasteiger partial charge in [-0.1, -0.05) is 0 Å². The summed E-state index contributed by atoms with van der Waals surface area (Å²) >= 11 is 0. The van der Waals surface area contributed by atoms with Gasteiger partial charge in [-0.25, -0.2) is 4.79 Å². The Balaban J connectivity index is 0. The largest absolute Gasteiger partial charge is 0.479 e. The van der Waals surface area contributed by atoms with Crippen LogP contribution in [0.1, 0.15) is 6.92 Å². The van der Waals surface area contributed by atoms with Gasteiger partial charge in [-0.15, -0.1) is 0 Å². The van der Waals surface area contributed by atoms with Gasteiger partial charge in [-0.05, 0) is 6.92 Å². The van der Waals surface area contributed by atoms with Gasteiger partial charge in [0.1, 0.15) is 6.10 Å². The average Bonchev–Trinajstić information content (AvgIpc) is 1.36. The van der Waals surface area contributed by atoms with Gasteiger partial charge < -0.3 is 10.2 Å². The van der Waals surface area contributed by atoms with Crippen LogP contribution >= 0.6 is 0 Å². The average molecular weight is 285 g/mol. The first-order chi connectivity index (χ1) is 2.64. The molecule has 0 aliphatic carbocycles. The van der Waals surface area contributed by atoms with Crippen molar-refractivity contribution in [2.45, 2.75) is 13.0 Å².